The second-order valence-electron chi connectivity index (χ2n) is 4.71. The number of aryl methyl sites for hydroxylation is 1. The van der Waals surface area contributed by atoms with Crippen molar-refractivity contribution in [1.29, 1.82) is 0 Å². The van der Waals surface area contributed by atoms with Crippen molar-refractivity contribution < 1.29 is 4.79 Å². The molecule has 0 saturated heterocycles. The Bertz CT molecular complexity index is 489. The van der Waals surface area contributed by atoms with Crippen molar-refractivity contribution >= 4 is 5.91 Å². The lowest BCUT2D eigenvalue weighted by Gasteiger charge is -2.27. The monoisotopic (exact) mass is 249 g/mol. The zero-order valence-corrected chi connectivity index (χ0v) is 10.9. The first-order chi connectivity index (χ1) is 8.63. The summed E-state index contributed by atoms with van der Waals surface area (Å²) in [5.41, 5.74) is 0.154. The molecular weight excluding hydrogens is 230 g/mol. The lowest BCUT2D eigenvalue weighted by atomic mass is 10.2. The second-order valence-corrected chi connectivity index (χ2v) is 4.71. The van der Waals surface area contributed by atoms with E-state index in [2.05, 4.69) is 5.10 Å². The van der Waals surface area contributed by atoms with Crippen LogP contribution in [0.15, 0.2) is 16.9 Å². The van der Waals surface area contributed by atoms with Crippen molar-refractivity contribution in [1.82, 2.24) is 14.7 Å². The van der Waals surface area contributed by atoms with Gasteiger partial charge in [-0.05, 0) is 25.8 Å². The van der Waals surface area contributed by atoms with Crippen LogP contribution in [0.25, 0.3) is 0 Å². The quantitative estimate of drug-likeness (QED) is 0.808. The molecule has 1 aromatic rings. The average molecular weight is 249 g/mol. The summed E-state index contributed by atoms with van der Waals surface area (Å²) in [5, 5.41) is 4.03. The van der Waals surface area contributed by atoms with E-state index >= 15 is 0 Å². The maximum absolute atomic E-state index is 12.4. The van der Waals surface area contributed by atoms with Gasteiger partial charge in [0.1, 0.15) is 5.69 Å². The zero-order valence-electron chi connectivity index (χ0n) is 10.9. The Morgan fingerprint density at radius 3 is 2.67 bits per heavy atom. The standard InChI is InChI=1S/C13H19N3O2/c1-3-16(10-6-4-5-7-10)13(18)11-8-9-12(17)15(2)14-11/h8-10H,3-7H2,1-2H3. The molecule has 1 amide bonds. The number of amides is 1. The molecule has 1 saturated carbocycles. The first-order valence-electron chi connectivity index (χ1n) is 6.48. The van der Waals surface area contributed by atoms with Gasteiger partial charge in [-0.2, -0.15) is 5.10 Å². The Kier molecular flexibility index (Phi) is 3.79. The van der Waals surface area contributed by atoms with Crippen LogP contribution in [-0.4, -0.2) is 33.2 Å². The third kappa shape index (κ3) is 2.44. The third-order valence-electron chi connectivity index (χ3n) is 3.55. The maximum Gasteiger partial charge on any atom is 0.274 e. The van der Waals surface area contributed by atoms with E-state index in [1.807, 2.05) is 11.8 Å². The third-order valence-corrected chi connectivity index (χ3v) is 3.55. The van der Waals surface area contributed by atoms with Gasteiger partial charge in [0.05, 0.1) is 0 Å². The minimum atomic E-state index is -0.199. The number of nitrogens with zero attached hydrogens (tertiary/aromatic N) is 3. The van der Waals surface area contributed by atoms with Crippen molar-refractivity contribution in [3.63, 3.8) is 0 Å². The summed E-state index contributed by atoms with van der Waals surface area (Å²) in [6.45, 7) is 2.67. The highest BCUT2D eigenvalue weighted by Gasteiger charge is 2.26. The summed E-state index contributed by atoms with van der Waals surface area (Å²) in [4.78, 5) is 25.5. The zero-order chi connectivity index (χ0) is 13.1. The average Bonchev–Trinajstić information content (AvgIpc) is 2.87. The van der Waals surface area contributed by atoms with E-state index in [0.717, 1.165) is 12.8 Å². The van der Waals surface area contributed by atoms with Gasteiger partial charge in [-0.25, -0.2) is 4.68 Å². The molecular formula is C13H19N3O2. The van der Waals surface area contributed by atoms with Gasteiger partial charge in [0.25, 0.3) is 11.5 Å². The Morgan fingerprint density at radius 2 is 2.11 bits per heavy atom. The van der Waals surface area contributed by atoms with E-state index < -0.39 is 0 Å². The van der Waals surface area contributed by atoms with Crippen LogP contribution in [-0.2, 0) is 7.05 Å². The lowest BCUT2D eigenvalue weighted by molar-refractivity contribution is 0.0685. The molecule has 0 unspecified atom stereocenters. The Hall–Kier alpha value is -1.65. The molecule has 0 N–H and O–H groups in total. The van der Waals surface area contributed by atoms with Gasteiger partial charge in [-0.1, -0.05) is 12.8 Å². The largest absolute Gasteiger partial charge is 0.335 e. The van der Waals surface area contributed by atoms with Gasteiger partial charge in [-0.3, -0.25) is 9.59 Å². The topological polar surface area (TPSA) is 55.2 Å². The Balaban J connectivity index is 2.22. The van der Waals surface area contributed by atoms with Gasteiger partial charge >= 0.3 is 0 Å². The molecule has 5 nitrogen and oxygen atoms in total. The fraction of sp³-hybridized carbons (Fsp3) is 0.615. The molecule has 0 atom stereocenters. The highest BCUT2D eigenvalue weighted by atomic mass is 16.2. The van der Waals surface area contributed by atoms with Gasteiger partial charge in [0.2, 0.25) is 0 Å². The summed E-state index contributed by atoms with van der Waals surface area (Å²) in [6.07, 6.45) is 4.53. The summed E-state index contributed by atoms with van der Waals surface area (Å²) >= 11 is 0. The van der Waals surface area contributed by atoms with E-state index in [0.29, 0.717) is 18.3 Å². The molecule has 0 aliphatic heterocycles. The second kappa shape index (κ2) is 5.33. The summed E-state index contributed by atoms with van der Waals surface area (Å²) in [5.74, 6) is -0.0694. The minimum Gasteiger partial charge on any atom is -0.335 e. The first-order valence-corrected chi connectivity index (χ1v) is 6.48. The Labute approximate surface area is 106 Å². The van der Waals surface area contributed by atoms with Gasteiger partial charge in [-0.15, -0.1) is 0 Å². The summed E-state index contributed by atoms with van der Waals surface area (Å²) < 4.78 is 1.20. The van der Waals surface area contributed by atoms with Gasteiger partial charge in [0, 0.05) is 25.7 Å². The predicted octanol–water partition coefficient (Wildman–Crippen LogP) is 1.18. The van der Waals surface area contributed by atoms with Crippen LogP contribution in [0.5, 0.6) is 0 Å². The number of aromatic nitrogens is 2. The minimum absolute atomic E-state index is 0.0694. The van der Waals surface area contributed by atoms with Crippen LogP contribution in [0.4, 0.5) is 0 Å². The normalized spacial score (nSPS) is 15.9. The highest BCUT2D eigenvalue weighted by Crippen LogP contribution is 2.24. The van der Waals surface area contributed by atoms with Crippen LogP contribution in [0, 0.1) is 0 Å². The van der Waals surface area contributed by atoms with Crippen LogP contribution in [0.2, 0.25) is 0 Å². The van der Waals surface area contributed by atoms with E-state index in [1.54, 1.807) is 7.05 Å². The predicted molar refractivity (Wildman–Crippen MR) is 68.4 cm³/mol. The lowest BCUT2D eigenvalue weighted by Crippen LogP contribution is -2.39. The van der Waals surface area contributed by atoms with Gasteiger partial charge < -0.3 is 4.90 Å². The molecule has 0 spiro atoms. The molecule has 2 rings (SSSR count). The number of carbonyl (C=O) groups is 1. The van der Waals surface area contributed by atoms with E-state index in [-0.39, 0.29) is 11.5 Å². The molecule has 5 heteroatoms. The molecule has 1 aliphatic carbocycles. The summed E-state index contributed by atoms with van der Waals surface area (Å²) in [7, 11) is 1.56. The van der Waals surface area contributed by atoms with Crippen LogP contribution >= 0.6 is 0 Å². The van der Waals surface area contributed by atoms with Crippen molar-refractivity contribution in [2.45, 2.75) is 38.6 Å². The first kappa shape index (κ1) is 12.8. The highest BCUT2D eigenvalue weighted by molar-refractivity contribution is 5.92. The Morgan fingerprint density at radius 1 is 1.44 bits per heavy atom. The molecule has 1 aliphatic rings. The van der Waals surface area contributed by atoms with Crippen molar-refractivity contribution in [2.24, 2.45) is 7.05 Å². The maximum atomic E-state index is 12.4. The SMILES string of the molecule is CCN(C(=O)c1ccc(=O)n(C)n1)C1CCCC1. The summed E-state index contributed by atoms with van der Waals surface area (Å²) in [6, 6.07) is 3.24. The van der Waals surface area contributed by atoms with Crippen molar-refractivity contribution in [3.8, 4) is 0 Å². The molecule has 98 valence electrons. The van der Waals surface area contributed by atoms with Gasteiger partial charge in [0.15, 0.2) is 0 Å². The van der Waals surface area contributed by atoms with Crippen LogP contribution in [0.1, 0.15) is 43.1 Å². The molecule has 1 aromatic heterocycles. The van der Waals surface area contributed by atoms with Crippen molar-refractivity contribution in [3.05, 3.63) is 28.2 Å². The molecule has 0 radical (unpaired) electrons. The number of hydrogen-bond acceptors (Lipinski definition) is 3. The molecule has 18 heavy (non-hydrogen) atoms. The van der Waals surface area contributed by atoms with Crippen LogP contribution < -0.4 is 5.56 Å². The van der Waals surface area contributed by atoms with Crippen molar-refractivity contribution in [2.75, 3.05) is 6.54 Å². The molecule has 1 fully saturated rings. The fourth-order valence-electron chi connectivity index (χ4n) is 2.55. The fourth-order valence-corrected chi connectivity index (χ4v) is 2.55. The number of hydrogen-bond donors (Lipinski definition) is 0. The molecule has 0 bridgehead atoms. The molecule has 1 heterocycles. The molecule has 0 aromatic carbocycles. The van der Waals surface area contributed by atoms with E-state index in [4.69, 9.17) is 0 Å². The van der Waals surface area contributed by atoms with E-state index in [1.165, 1.54) is 29.7 Å². The number of carbonyl (C=O) groups excluding carboxylic acids is 1. The number of rotatable bonds is 3. The van der Waals surface area contributed by atoms with Crippen LogP contribution in [0.3, 0.4) is 0 Å². The smallest absolute Gasteiger partial charge is 0.274 e. The van der Waals surface area contributed by atoms with E-state index in [9.17, 15) is 9.59 Å².